The number of halogens is 3. The molecular weight excluding hydrogens is 487 g/mol. The van der Waals surface area contributed by atoms with Gasteiger partial charge in [0.05, 0.1) is 28.2 Å². The van der Waals surface area contributed by atoms with E-state index in [1.165, 1.54) is 23.5 Å². The first-order valence-electron chi connectivity index (χ1n) is 11.3. The lowest BCUT2D eigenvalue weighted by Crippen LogP contribution is -2.35. The highest BCUT2D eigenvalue weighted by Crippen LogP contribution is 2.37. The number of amides is 1. The molecule has 2 atom stereocenters. The van der Waals surface area contributed by atoms with Crippen molar-refractivity contribution < 1.29 is 23.1 Å². The summed E-state index contributed by atoms with van der Waals surface area (Å²) in [7, 11) is 0. The molecule has 5 rings (SSSR count). The van der Waals surface area contributed by atoms with Crippen LogP contribution in [0.3, 0.4) is 0 Å². The van der Waals surface area contributed by atoms with E-state index in [1.54, 1.807) is 25.1 Å². The number of alkyl halides is 3. The zero-order chi connectivity index (χ0) is 25.6. The summed E-state index contributed by atoms with van der Waals surface area (Å²) in [5.41, 5.74) is 2.44. The number of nitrogens with one attached hydrogen (secondary N) is 1. The predicted molar refractivity (Wildman–Crippen MR) is 135 cm³/mol. The number of carbonyl (C=O) groups excluding carboxylic acids is 1. The SMILES string of the molecule is Cc1nc2c3cc(C(=O)N[C@H](c4ccccc4)[C@H](C)O)ccc3n(-c3ccc(C(F)(F)F)cc3)c2s1. The van der Waals surface area contributed by atoms with Crippen molar-refractivity contribution in [3.8, 4) is 5.69 Å². The van der Waals surface area contributed by atoms with Gasteiger partial charge in [0, 0.05) is 16.6 Å². The molecule has 0 bridgehead atoms. The molecule has 0 spiro atoms. The molecule has 2 N–H and O–H groups in total. The molecule has 0 radical (unpaired) electrons. The second-order valence-corrected chi connectivity index (χ2v) is 9.78. The van der Waals surface area contributed by atoms with Gasteiger partial charge in [-0.05, 0) is 61.9 Å². The molecule has 0 unspecified atom stereocenters. The number of carbonyl (C=O) groups is 1. The van der Waals surface area contributed by atoms with E-state index in [1.807, 2.05) is 41.8 Å². The Morgan fingerprint density at radius 3 is 2.39 bits per heavy atom. The van der Waals surface area contributed by atoms with Gasteiger partial charge in [-0.2, -0.15) is 13.2 Å². The number of aryl methyl sites for hydroxylation is 1. The predicted octanol–water partition coefficient (Wildman–Crippen LogP) is 6.42. The molecule has 9 heteroatoms. The van der Waals surface area contributed by atoms with Gasteiger partial charge < -0.3 is 10.4 Å². The van der Waals surface area contributed by atoms with Gasteiger partial charge in [0.25, 0.3) is 5.91 Å². The van der Waals surface area contributed by atoms with Crippen LogP contribution in [0.4, 0.5) is 13.2 Å². The number of rotatable bonds is 5. The van der Waals surface area contributed by atoms with Crippen LogP contribution in [0.5, 0.6) is 0 Å². The minimum Gasteiger partial charge on any atom is -0.391 e. The van der Waals surface area contributed by atoms with E-state index in [4.69, 9.17) is 0 Å². The zero-order valence-corrected chi connectivity index (χ0v) is 20.2. The maximum absolute atomic E-state index is 13.2. The van der Waals surface area contributed by atoms with Crippen LogP contribution in [0.25, 0.3) is 26.9 Å². The van der Waals surface area contributed by atoms with E-state index in [-0.39, 0.29) is 5.91 Å². The lowest BCUT2D eigenvalue weighted by molar-refractivity contribution is -0.137. The van der Waals surface area contributed by atoms with Crippen LogP contribution in [0.15, 0.2) is 72.8 Å². The molecule has 5 nitrogen and oxygen atoms in total. The molecular formula is C27H22F3N3O2S. The van der Waals surface area contributed by atoms with Gasteiger partial charge >= 0.3 is 6.18 Å². The van der Waals surface area contributed by atoms with E-state index >= 15 is 0 Å². The molecule has 5 aromatic rings. The Bertz CT molecular complexity index is 1560. The Morgan fingerprint density at radius 1 is 1.06 bits per heavy atom. The highest BCUT2D eigenvalue weighted by Gasteiger charge is 2.30. The van der Waals surface area contributed by atoms with Crippen LogP contribution in [0.2, 0.25) is 0 Å². The van der Waals surface area contributed by atoms with Crippen molar-refractivity contribution in [3.63, 3.8) is 0 Å². The highest BCUT2D eigenvalue weighted by molar-refractivity contribution is 7.18. The fourth-order valence-corrected chi connectivity index (χ4v) is 5.30. The standard InChI is InChI=1S/C27H22F3N3O2S/c1-15(34)23(17-6-4-3-5-7-17)32-25(35)18-8-13-22-21(14-18)24-26(36-16(2)31-24)33(22)20-11-9-19(10-12-20)27(28,29)30/h3-15,23,34H,1-2H3,(H,32,35)/t15-,23-/m0/s1. The van der Waals surface area contributed by atoms with Crippen LogP contribution in [0.1, 0.15) is 39.5 Å². The first-order chi connectivity index (χ1) is 17.1. The molecule has 0 aliphatic rings. The average molecular weight is 510 g/mol. The van der Waals surface area contributed by atoms with Crippen LogP contribution >= 0.6 is 11.3 Å². The maximum atomic E-state index is 13.2. The summed E-state index contributed by atoms with van der Waals surface area (Å²) in [4.78, 5) is 18.6. The summed E-state index contributed by atoms with van der Waals surface area (Å²) in [5, 5.41) is 14.7. The van der Waals surface area contributed by atoms with Crippen LogP contribution < -0.4 is 5.32 Å². The van der Waals surface area contributed by atoms with Crippen molar-refractivity contribution in [1.29, 1.82) is 0 Å². The van der Waals surface area contributed by atoms with Gasteiger partial charge in [0.15, 0.2) is 0 Å². The Kier molecular flexibility index (Phi) is 6.05. The summed E-state index contributed by atoms with van der Waals surface area (Å²) < 4.78 is 41.1. The molecule has 36 heavy (non-hydrogen) atoms. The number of aliphatic hydroxyl groups excluding tert-OH is 1. The number of nitrogens with zero attached hydrogens (tertiary/aromatic N) is 2. The van der Waals surface area contributed by atoms with Crippen LogP contribution in [-0.2, 0) is 6.18 Å². The summed E-state index contributed by atoms with van der Waals surface area (Å²) >= 11 is 1.43. The van der Waals surface area contributed by atoms with Crippen molar-refractivity contribution >= 4 is 38.5 Å². The fraction of sp³-hybridized carbons (Fsp3) is 0.185. The molecule has 2 aromatic heterocycles. The lowest BCUT2D eigenvalue weighted by Gasteiger charge is -2.22. The third-order valence-corrected chi connectivity index (χ3v) is 7.01. The van der Waals surface area contributed by atoms with Crippen LogP contribution in [0, 0.1) is 6.92 Å². The monoisotopic (exact) mass is 509 g/mol. The molecule has 2 heterocycles. The van der Waals surface area contributed by atoms with Crippen molar-refractivity contribution in [1.82, 2.24) is 14.9 Å². The van der Waals surface area contributed by atoms with Gasteiger partial charge in [0.1, 0.15) is 10.3 Å². The lowest BCUT2D eigenvalue weighted by atomic mass is 10.0. The van der Waals surface area contributed by atoms with E-state index < -0.39 is 23.9 Å². The summed E-state index contributed by atoms with van der Waals surface area (Å²) in [6, 6.07) is 18.8. The third kappa shape index (κ3) is 4.36. The molecule has 0 fully saturated rings. The first-order valence-corrected chi connectivity index (χ1v) is 12.1. The largest absolute Gasteiger partial charge is 0.416 e. The normalized spacial score (nSPS) is 13.7. The van der Waals surface area contributed by atoms with Crippen molar-refractivity contribution in [3.05, 3.63) is 94.5 Å². The number of aliphatic hydroxyl groups is 1. The molecule has 3 aromatic carbocycles. The minimum atomic E-state index is -4.42. The van der Waals surface area contributed by atoms with E-state index in [0.717, 1.165) is 38.4 Å². The highest BCUT2D eigenvalue weighted by atomic mass is 32.1. The Balaban J connectivity index is 1.56. The average Bonchev–Trinajstić information content (AvgIpc) is 3.36. The second-order valence-electron chi connectivity index (χ2n) is 8.60. The number of hydrogen-bond donors (Lipinski definition) is 2. The van der Waals surface area contributed by atoms with Crippen molar-refractivity contribution in [2.75, 3.05) is 0 Å². The van der Waals surface area contributed by atoms with Crippen molar-refractivity contribution in [2.24, 2.45) is 0 Å². The number of fused-ring (bicyclic) bond motifs is 3. The molecule has 184 valence electrons. The maximum Gasteiger partial charge on any atom is 0.416 e. The van der Waals surface area contributed by atoms with Crippen LogP contribution in [-0.4, -0.2) is 26.7 Å². The van der Waals surface area contributed by atoms with E-state index in [9.17, 15) is 23.1 Å². The Morgan fingerprint density at radius 2 is 1.75 bits per heavy atom. The van der Waals surface area contributed by atoms with Gasteiger partial charge in [-0.25, -0.2) is 4.98 Å². The summed E-state index contributed by atoms with van der Waals surface area (Å²) in [6.07, 6.45) is -5.23. The first kappa shape index (κ1) is 24.0. The number of aromatic nitrogens is 2. The smallest absolute Gasteiger partial charge is 0.391 e. The van der Waals surface area contributed by atoms with Crippen molar-refractivity contribution in [2.45, 2.75) is 32.2 Å². The number of thiazole rings is 1. The second kappa shape index (κ2) is 9.07. The quantitative estimate of drug-likeness (QED) is 0.287. The third-order valence-electron chi connectivity index (χ3n) is 6.05. The summed E-state index contributed by atoms with van der Waals surface area (Å²) in [5.74, 6) is -0.353. The van der Waals surface area contributed by atoms with Gasteiger partial charge in [-0.15, -0.1) is 11.3 Å². The zero-order valence-electron chi connectivity index (χ0n) is 19.4. The topological polar surface area (TPSA) is 67.2 Å². The molecule has 1 amide bonds. The number of benzene rings is 3. The Labute approximate surface area is 208 Å². The van der Waals surface area contributed by atoms with Gasteiger partial charge in [-0.3, -0.25) is 9.36 Å². The fourth-order valence-electron chi connectivity index (χ4n) is 4.34. The summed E-state index contributed by atoms with van der Waals surface area (Å²) in [6.45, 7) is 3.48. The van der Waals surface area contributed by atoms with E-state index in [0.29, 0.717) is 16.8 Å². The molecule has 0 aliphatic carbocycles. The molecule has 0 aliphatic heterocycles. The Hall–Kier alpha value is -3.69. The van der Waals surface area contributed by atoms with E-state index in [2.05, 4.69) is 10.3 Å². The van der Waals surface area contributed by atoms with Gasteiger partial charge in [0.2, 0.25) is 0 Å². The molecule has 0 saturated heterocycles. The number of hydrogen-bond acceptors (Lipinski definition) is 4. The van der Waals surface area contributed by atoms with Gasteiger partial charge in [-0.1, -0.05) is 30.3 Å². The molecule has 0 saturated carbocycles. The minimum absolute atomic E-state index is 0.353.